The number of aromatic nitrogens is 1. The van der Waals surface area contributed by atoms with Gasteiger partial charge in [-0.1, -0.05) is 212 Å². The number of benzene rings is 10. The van der Waals surface area contributed by atoms with E-state index >= 15 is 0 Å². The molecule has 0 amide bonds. The van der Waals surface area contributed by atoms with Crippen LogP contribution in [-0.2, 0) is 0 Å². The number of fused-ring (bicyclic) bond motifs is 4. The molecular formula is C58H40N2. The highest BCUT2D eigenvalue weighted by molar-refractivity contribution is 6.18. The third-order valence-corrected chi connectivity index (χ3v) is 11.8. The molecule has 1 heterocycles. The molecule has 0 aliphatic rings. The molecule has 2 heteroatoms. The van der Waals surface area contributed by atoms with Crippen molar-refractivity contribution in [3.8, 4) is 50.2 Å². The SMILES string of the molecule is c1ccc(-c2ccccc2N(c2ccccc2-c2cccc3ccccc23)c2cccc3c2c2ccccc2n3-c2c(-c3ccccc3)cccc2-c2ccccc2)cc1. The smallest absolute Gasteiger partial charge is 0.0618 e. The first-order chi connectivity index (χ1) is 29.8. The molecule has 0 bridgehead atoms. The molecule has 0 aliphatic heterocycles. The van der Waals surface area contributed by atoms with Gasteiger partial charge in [0.15, 0.2) is 0 Å². The highest BCUT2D eigenvalue weighted by atomic mass is 15.2. The van der Waals surface area contributed by atoms with Gasteiger partial charge in [-0.25, -0.2) is 0 Å². The number of nitrogens with zero attached hydrogens (tertiary/aromatic N) is 2. The normalized spacial score (nSPS) is 11.3. The number of hydrogen-bond acceptors (Lipinski definition) is 1. The van der Waals surface area contributed by atoms with Gasteiger partial charge in [-0.2, -0.15) is 0 Å². The summed E-state index contributed by atoms with van der Waals surface area (Å²) in [4.78, 5) is 2.51. The Morgan fingerprint density at radius 2 is 0.683 bits per heavy atom. The zero-order chi connectivity index (χ0) is 39.8. The average Bonchev–Trinajstić information content (AvgIpc) is 3.67. The summed E-state index contributed by atoms with van der Waals surface area (Å²) >= 11 is 0. The second-order valence-corrected chi connectivity index (χ2v) is 15.2. The molecular weight excluding hydrogens is 725 g/mol. The maximum atomic E-state index is 2.51. The van der Waals surface area contributed by atoms with Crippen LogP contribution in [0.3, 0.4) is 0 Å². The van der Waals surface area contributed by atoms with Crippen LogP contribution in [0.4, 0.5) is 17.1 Å². The van der Waals surface area contributed by atoms with Crippen molar-refractivity contribution in [2.45, 2.75) is 0 Å². The zero-order valence-electron chi connectivity index (χ0n) is 33.0. The quantitative estimate of drug-likeness (QED) is 0.150. The summed E-state index contributed by atoms with van der Waals surface area (Å²) in [6, 6.07) is 88.0. The van der Waals surface area contributed by atoms with Crippen molar-refractivity contribution in [1.82, 2.24) is 4.57 Å². The maximum absolute atomic E-state index is 2.51. The molecule has 0 N–H and O–H groups in total. The van der Waals surface area contributed by atoms with E-state index in [1.54, 1.807) is 0 Å². The van der Waals surface area contributed by atoms with E-state index in [9.17, 15) is 0 Å². The van der Waals surface area contributed by atoms with Crippen LogP contribution in [0.15, 0.2) is 243 Å². The van der Waals surface area contributed by atoms with E-state index in [4.69, 9.17) is 0 Å². The van der Waals surface area contributed by atoms with Gasteiger partial charge in [0.2, 0.25) is 0 Å². The third-order valence-electron chi connectivity index (χ3n) is 11.8. The Kier molecular flexibility index (Phi) is 8.87. The highest BCUT2D eigenvalue weighted by Crippen LogP contribution is 2.50. The van der Waals surface area contributed by atoms with Crippen molar-refractivity contribution < 1.29 is 0 Å². The Morgan fingerprint density at radius 1 is 0.267 bits per heavy atom. The number of rotatable bonds is 8. The van der Waals surface area contributed by atoms with Crippen molar-refractivity contribution in [1.29, 1.82) is 0 Å². The fraction of sp³-hybridized carbons (Fsp3) is 0. The van der Waals surface area contributed by atoms with Crippen molar-refractivity contribution >= 4 is 49.6 Å². The molecule has 11 aromatic rings. The lowest BCUT2D eigenvalue weighted by Gasteiger charge is -2.31. The molecule has 0 atom stereocenters. The van der Waals surface area contributed by atoms with E-state index in [0.29, 0.717) is 0 Å². The summed E-state index contributed by atoms with van der Waals surface area (Å²) in [5, 5.41) is 4.82. The molecule has 0 saturated carbocycles. The maximum Gasteiger partial charge on any atom is 0.0618 e. The molecule has 0 spiro atoms. The van der Waals surface area contributed by atoms with Gasteiger partial charge >= 0.3 is 0 Å². The Balaban J connectivity index is 1.26. The van der Waals surface area contributed by atoms with Crippen LogP contribution in [0, 0.1) is 0 Å². The topological polar surface area (TPSA) is 8.17 Å². The van der Waals surface area contributed by atoms with Crippen molar-refractivity contribution in [2.75, 3.05) is 4.90 Å². The molecule has 11 rings (SSSR count). The molecule has 0 radical (unpaired) electrons. The van der Waals surface area contributed by atoms with Gasteiger partial charge < -0.3 is 9.47 Å². The number of para-hydroxylation sites is 4. The van der Waals surface area contributed by atoms with E-state index in [2.05, 4.69) is 252 Å². The fourth-order valence-corrected chi connectivity index (χ4v) is 9.19. The second-order valence-electron chi connectivity index (χ2n) is 15.2. The van der Waals surface area contributed by atoms with Crippen molar-refractivity contribution in [3.63, 3.8) is 0 Å². The van der Waals surface area contributed by atoms with Crippen LogP contribution in [0.5, 0.6) is 0 Å². The minimum Gasteiger partial charge on any atom is -0.309 e. The Hall–Kier alpha value is -7.94. The lowest BCUT2D eigenvalue weighted by atomic mass is 9.95. The fourth-order valence-electron chi connectivity index (χ4n) is 9.19. The monoisotopic (exact) mass is 764 g/mol. The van der Waals surface area contributed by atoms with Gasteiger partial charge in [0.05, 0.1) is 33.8 Å². The summed E-state index contributed by atoms with van der Waals surface area (Å²) in [5.41, 5.74) is 16.2. The molecule has 0 saturated heterocycles. The third kappa shape index (κ3) is 5.97. The van der Waals surface area contributed by atoms with Crippen LogP contribution in [0.25, 0.3) is 82.8 Å². The van der Waals surface area contributed by atoms with Crippen LogP contribution in [0.1, 0.15) is 0 Å². The summed E-state index contributed by atoms with van der Waals surface area (Å²) in [5.74, 6) is 0. The van der Waals surface area contributed by atoms with E-state index < -0.39 is 0 Å². The first-order valence-electron chi connectivity index (χ1n) is 20.6. The minimum absolute atomic E-state index is 1.11. The predicted molar refractivity (Wildman–Crippen MR) is 255 cm³/mol. The summed E-state index contributed by atoms with van der Waals surface area (Å²) in [6.45, 7) is 0. The largest absolute Gasteiger partial charge is 0.309 e. The van der Waals surface area contributed by atoms with E-state index in [0.717, 1.165) is 39.3 Å². The van der Waals surface area contributed by atoms with Gasteiger partial charge in [-0.15, -0.1) is 0 Å². The van der Waals surface area contributed by atoms with E-state index in [1.165, 1.54) is 60.5 Å². The summed E-state index contributed by atoms with van der Waals surface area (Å²) in [6.07, 6.45) is 0. The average molecular weight is 765 g/mol. The lowest BCUT2D eigenvalue weighted by Crippen LogP contribution is -2.13. The van der Waals surface area contributed by atoms with Crippen molar-refractivity contribution in [3.05, 3.63) is 243 Å². The van der Waals surface area contributed by atoms with Gasteiger partial charge in [0, 0.05) is 33.0 Å². The molecule has 1 aromatic heterocycles. The van der Waals surface area contributed by atoms with E-state index in [-0.39, 0.29) is 0 Å². The molecule has 2 nitrogen and oxygen atoms in total. The van der Waals surface area contributed by atoms with Crippen LogP contribution in [0.2, 0.25) is 0 Å². The van der Waals surface area contributed by atoms with Crippen LogP contribution >= 0.6 is 0 Å². The zero-order valence-corrected chi connectivity index (χ0v) is 33.0. The van der Waals surface area contributed by atoms with Gasteiger partial charge in [0.1, 0.15) is 0 Å². The molecule has 60 heavy (non-hydrogen) atoms. The Morgan fingerprint density at radius 3 is 1.37 bits per heavy atom. The first kappa shape index (κ1) is 35.2. The van der Waals surface area contributed by atoms with Crippen molar-refractivity contribution in [2.24, 2.45) is 0 Å². The van der Waals surface area contributed by atoms with Crippen LogP contribution in [-0.4, -0.2) is 4.57 Å². The lowest BCUT2D eigenvalue weighted by molar-refractivity contribution is 1.18. The molecule has 282 valence electrons. The molecule has 0 unspecified atom stereocenters. The van der Waals surface area contributed by atoms with Gasteiger partial charge in [-0.05, 0) is 63.4 Å². The van der Waals surface area contributed by atoms with Gasteiger partial charge in [-0.3, -0.25) is 0 Å². The highest BCUT2D eigenvalue weighted by Gasteiger charge is 2.26. The standard InChI is InChI=1S/C58H40N2/c1-4-21-42(22-5-1)46-30-12-15-36-52(46)59(53-37-16-13-31-50(53)49-35-18-28-41-27-10-11-29-45(41)49)55-39-20-40-56-57(55)51-32-14-17-38-54(51)60(56)58-47(43-23-6-2-7-24-43)33-19-34-48(58)44-25-8-3-9-26-44/h1-40H. The molecule has 10 aromatic carbocycles. The van der Waals surface area contributed by atoms with Gasteiger partial charge in [0.25, 0.3) is 0 Å². The second kappa shape index (κ2) is 15.1. The summed E-state index contributed by atoms with van der Waals surface area (Å²) < 4.78 is 2.51. The molecule has 0 aliphatic carbocycles. The Bertz CT molecular complexity index is 3250. The molecule has 0 fully saturated rings. The van der Waals surface area contributed by atoms with Crippen LogP contribution < -0.4 is 4.90 Å². The minimum atomic E-state index is 1.11. The number of anilines is 3. The summed E-state index contributed by atoms with van der Waals surface area (Å²) in [7, 11) is 0. The predicted octanol–water partition coefficient (Wildman–Crippen LogP) is 16.1. The Labute approximate surface area is 350 Å². The first-order valence-corrected chi connectivity index (χ1v) is 20.6. The number of hydrogen-bond donors (Lipinski definition) is 0. The van der Waals surface area contributed by atoms with E-state index in [1.807, 2.05) is 0 Å².